The zero-order valence-electron chi connectivity index (χ0n) is 15.0. The lowest BCUT2D eigenvalue weighted by molar-refractivity contribution is -0.145. The van der Waals surface area contributed by atoms with E-state index in [1.165, 1.54) is 24.1 Å². The second kappa shape index (κ2) is 7.40. The number of amides is 1. The topological polar surface area (TPSA) is 92.8 Å². The molecule has 1 atom stereocenters. The summed E-state index contributed by atoms with van der Waals surface area (Å²) < 4.78 is 32.2. The Morgan fingerprint density at radius 2 is 1.74 bits per heavy atom. The second-order valence-electron chi connectivity index (χ2n) is 6.39. The van der Waals surface area contributed by atoms with Crippen molar-refractivity contribution in [3.8, 4) is 0 Å². The summed E-state index contributed by atoms with van der Waals surface area (Å²) in [4.78, 5) is 25.3. The van der Waals surface area contributed by atoms with Gasteiger partial charge in [0.2, 0.25) is 5.91 Å². The van der Waals surface area contributed by atoms with Crippen LogP contribution in [-0.2, 0) is 24.3 Å². The molecule has 0 bridgehead atoms. The van der Waals surface area contributed by atoms with Crippen molar-refractivity contribution in [3.63, 3.8) is 0 Å². The van der Waals surface area contributed by atoms with Gasteiger partial charge in [0.25, 0.3) is 10.0 Å². The Labute approximate surface area is 158 Å². The lowest BCUT2D eigenvalue weighted by atomic mass is 10.1. The van der Waals surface area contributed by atoms with Crippen LogP contribution in [0.3, 0.4) is 0 Å². The third-order valence-electron chi connectivity index (χ3n) is 4.42. The maximum absolute atomic E-state index is 12.5. The van der Waals surface area contributed by atoms with Crippen molar-refractivity contribution in [1.29, 1.82) is 0 Å². The summed E-state index contributed by atoms with van der Waals surface area (Å²) in [5.41, 5.74) is 2.05. The lowest BCUT2D eigenvalue weighted by Crippen LogP contribution is -2.26. The van der Waals surface area contributed by atoms with Crippen LogP contribution in [0.25, 0.3) is 0 Å². The van der Waals surface area contributed by atoms with Gasteiger partial charge >= 0.3 is 5.97 Å². The van der Waals surface area contributed by atoms with E-state index in [-0.39, 0.29) is 23.8 Å². The van der Waals surface area contributed by atoms with Crippen LogP contribution in [0.1, 0.15) is 12.0 Å². The number of carbonyl (C=O) groups is 2. The largest absolute Gasteiger partial charge is 0.469 e. The van der Waals surface area contributed by atoms with E-state index < -0.39 is 21.9 Å². The molecule has 1 aliphatic rings. The highest BCUT2D eigenvalue weighted by Crippen LogP contribution is 2.27. The predicted molar refractivity (Wildman–Crippen MR) is 101 cm³/mol. The van der Waals surface area contributed by atoms with E-state index in [9.17, 15) is 18.0 Å². The molecule has 1 heterocycles. The summed E-state index contributed by atoms with van der Waals surface area (Å²) in [7, 11) is -2.45. The normalized spacial score (nSPS) is 17.0. The molecule has 2 aromatic rings. The third kappa shape index (κ3) is 4.11. The number of nitrogens with one attached hydrogen (secondary N) is 1. The summed E-state index contributed by atoms with van der Waals surface area (Å²) in [6.07, 6.45) is 0.0850. The number of carbonyl (C=O) groups excluding carboxylic acids is 2. The Kier molecular flexibility index (Phi) is 5.18. The van der Waals surface area contributed by atoms with Crippen molar-refractivity contribution < 1.29 is 22.7 Å². The zero-order valence-corrected chi connectivity index (χ0v) is 15.8. The fourth-order valence-corrected chi connectivity index (χ4v) is 3.98. The number of methoxy groups -OCH3 is 1. The minimum atomic E-state index is -3.74. The molecule has 1 fully saturated rings. The highest BCUT2D eigenvalue weighted by Gasteiger charge is 2.35. The quantitative estimate of drug-likeness (QED) is 0.794. The first kappa shape index (κ1) is 18.9. The van der Waals surface area contributed by atoms with Crippen molar-refractivity contribution in [2.45, 2.75) is 18.2 Å². The SMILES string of the molecule is COC(=O)[C@@H]1CC(=O)N(c2ccc(S(=O)(=O)Nc3ccc(C)cc3)cc2)C1. The number of hydrogen-bond donors (Lipinski definition) is 1. The van der Waals surface area contributed by atoms with Crippen LogP contribution in [0, 0.1) is 12.8 Å². The van der Waals surface area contributed by atoms with Crippen molar-refractivity contribution >= 4 is 33.3 Å². The molecule has 0 aromatic heterocycles. The smallest absolute Gasteiger partial charge is 0.311 e. The van der Waals surface area contributed by atoms with Crippen LogP contribution in [0.4, 0.5) is 11.4 Å². The van der Waals surface area contributed by atoms with Crippen LogP contribution in [0.5, 0.6) is 0 Å². The average Bonchev–Trinajstić information content (AvgIpc) is 3.04. The maximum Gasteiger partial charge on any atom is 0.311 e. The van der Waals surface area contributed by atoms with Gasteiger partial charge in [0.15, 0.2) is 0 Å². The molecule has 142 valence electrons. The van der Waals surface area contributed by atoms with E-state index in [0.717, 1.165) is 5.56 Å². The van der Waals surface area contributed by atoms with Crippen LogP contribution >= 0.6 is 0 Å². The number of anilines is 2. The Bertz CT molecular complexity index is 953. The van der Waals surface area contributed by atoms with E-state index in [0.29, 0.717) is 11.4 Å². The molecule has 8 heteroatoms. The molecule has 0 saturated carbocycles. The first-order valence-corrected chi connectivity index (χ1v) is 9.86. The molecule has 27 heavy (non-hydrogen) atoms. The number of sulfonamides is 1. The summed E-state index contributed by atoms with van der Waals surface area (Å²) in [5.74, 6) is -1.12. The van der Waals surface area contributed by atoms with E-state index in [2.05, 4.69) is 9.46 Å². The number of ether oxygens (including phenoxy) is 1. The highest BCUT2D eigenvalue weighted by atomic mass is 32.2. The minimum Gasteiger partial charge on any atom is -0.469 e. The van der Waals surface area contributed by atoms with Gasteiger partial charge in [-0.15, -0.1) is 0 Å². The van der Waals surface area contributed by atoms with Crippen LogP contribution in [0.2, 0.25) is 0 Å². The van der Waals surface area contributed by atoms with Crippen LogP contribution in [-0.4, -0.2) is 33.9 Å². The van der Waals surface area contributed by atoms with Crippen molar-refractivity contribution in [1.82, 2.24) is 0 Å². The molecule has 1 N–H and O–H groups in total. The standard InChI is InChI=1S/C19H20N2O5S/c1-13-3-5-15(6-4-13)20-27(24,25)17-9-7-16(8-10-17)21-12-14(11-18(21)22)19(23)26-2/h3-10,14,20H,11-12H2,1-2H3/t14-/m1/s1. The van der Waals surface area contributed by atoms with Gasteiger partial charge < -0.3 is 9.64 Å². The van der Waals surface area contributed by atoms with E-state index in [1.807, 2.05) is 19.1 Å². The molecule has 3 rings (SSSR count). The Morgan fingerprint density at radius 3 is 2.33 bits per heavy atom. The first-order valence-electron chi connectivity index (χ1n) is 8.38. The Hall–Kier alpha value is -2.87. The minimum absolute atomic E-state index is 0.0850. The molecular weight excluding hydrogens is 368 g/mol. The number of hydrogen-bond acceptors (Lipinski definition) is 5. The summed E-state index contributed by atoms with van der Waals surface area (Å²) in [6, 6.07) is 13.0. The molecule has 0 aliphatic carbocycles. The van der Waals surface area contributed by atoms with E-state index in [4.69, 9.17) is 0 Å². The molecule has 1 aliphatic heterocycles. The van der Waals surface area contributed by atoms with Gasteiger partial charge in [-0.3, -0.25) is 14.3 Å². The van der Waals surface area contributed by atoms with Gasteiger partial charge in [0, 0.05) is 24.3 Å². The van der Waals surface area contributed by atoms with Crippen molar-refractivity contribution in [2.24, 2.45) is 5.92 Å². The molecule has 1 saturated heterocycles. The molecule has 7 nitrogen and oxygen atoms in total. The Balaban J connectivity index is 1.76. The second-order valence-corrected chi connectivity index (χ2v) is 8.08. The van der Waals surface area contributed by atoms with E-state index >= 15 is 0 Å². The predicted octanol–water partition coefficient (Wildman–Crippen LogP) is 2.32. The summed E-state index contributed by atoms with van der Waals surface area (Å²) >= 11 is 0. The van der Waals surface area contributed by atoms with E-state index in [1.54, 1.807) is 24.3 Å². The summed E-state index contributed by atoms with van der Waals surface area (Å²) in [5, 5.41) is 0. The van der Waals surface area contributed by atoms with Crippen LogP contribution in [0.15, 0.2) is 53.4 Å². The number of benzene rings is 2. The number of rotatable bonds is 5. The van der Waals surface area contributed by atoms with Gasteiger partial charge in [-0.25, -0.2) is 8.42 Å². The average molecular weight is 388 g/mol. The zero-order chi connectivity index (χ0) is 19.6. The summed E-state index contributed by atoms with van der Waals surface area (Å²) in [6.45, 7) is 2.14. The maximum atomic E-state index is 12.5. The monoisotopic (exact) mass is 388 g/mol. The molecule has 0 spiro atoms. The fraction of sp³-hybridized carbons (Fsp3) is 0.263. The molecule has 1 amide bonds. The van der Waals surface area contributed by atoms with Crippen molar-refractivity contribution in [3.05, 3.63) is 54.1 Å². The molecule has 0 unspecified atom stereocenters. The van der Waals surface area contributed by atoms with Crippen LogP contribution < -0.4 is 9.62 Å². The molecule has 2 aromatic carbocycles. The van der Waals surface area contributed by atoms with Crippen molar-refractivity contribution in [2.75, 3.05) is 23.3 Å². The fourth-order valence-electron chi connectivity index (χ4n) is 2.92. The lowest BCUT2D eigenvalue weighted by Gasteiger charge is -2.17. The number of esters is 1. The molecular formula is C19H20N2O5S. The van der Waals surface area contributed by atoms with Gasteiger partial charge in [0.1, 0.15) is 0 Å². The van der Waals surface area contributed by atoms with Gasteiger partial charge in [-0.1, -0.05) is 17.7 Å². The van der Waals surface area contributed by atoms with Gasteiger partial charge in [0.05, 0.1) is 17.9 Å². The Morgan fingerprint density at radius 1 is 1.11 bits per heavy atom. The number of nitrogens with zero attached hydrogens (tertiary/aromatic N) is 1. The first-order chi connectivity index (χ1) is 12.8. The highest BCUT2D eigenvalue weighted by molar-refractivity contribution is 7.92. The number of aryl methyl sites for hydroxylation is 1. The van der Waals surface area contributed by atoms with Gasteiger partial charge in [-0.2, -0.15) is 0 Å². The third-order valence-corrected chi connectivity index (χ3v) is 5.82. The molecule has 0 radical (unpaired) electrons. The van der Waals surface area contributed by atoms with Gasteiger partial charge in [-0.05, 0) is 43.3 Å².